The minimum Gasteiger partial charge on any atom is -0.481 e. The summed E-state index contributed by atoms with van der Waals surface area (Å²) < 4.78 is 4.97. The van der Waals surface area contributed by atoms with Crippen LogP contribution in [0.1, 0.15) is 17.3 Å². The van der Waals surface area contributed by atoms with E-state index in [0.29, 0.717) is 23.7 Å². The average Bonchev–Trinajstić information content (AvgIpc) is 2.98. The first-order chi connectivity index (χ1) is 10.1. The molecule has 0 saturated carbocycles. The highest BCUT2D eigenvalue weighted by Gasteiger charge is 2.20. The molecule has 7 nitrogen and oxygen atoms in total. The number of rotatable bonds is 5. The van der Waals surface area contributed by atoms with Crippen molar-refractivity contribution >= 4 is 27.9 Å². The minimum atomic E-state index is -0.507. The normalized spacial score (nSPS) is 10.2. The fourth-order valence-corrected chi connectivity index (χ4v) is 2.48. The third kappa shape index (κ3) is 3.16. The van der Waals surface area contributed by atoms with Crippen LogP contribution in [-0.4, -0.2) is 29.5 Å². The van der Waals surface area contributed by atoms with E-state index < -0.39 is 4.92 Å². The molecule has 110 valence electrons. The first-order valence-corrected chi connectivity index (χ1v) is 6.99. The molecule has 0 spiro atoms. The zero-order chi connectivity index (χ0) is 15.4. The van der Waals surface area contributed by atoms with Crippen molar-refractivity contribution in [1.29, 1.82) is 0 Å². The van der Waals surface area contributed by atoms with Crippen molar-refractivity contribution < 1.29 is 14.5 Å². The van der Waals surface area contributed by atoms with Gasteiger partial charge < -0.3 is 9.64 Å². The number of nitro groups is 1. The number of anilines is 1. The van der Waals surface area contributed by atoms with Gasteiger partial charge in [0, 0.05) is 24.1 Å². The van der Waals surface area contributed by atoms with Crippen LogP contribution in [0.25, 0.3) is 0 Å². The third-order valence-corrected chi connectivity index (χ3v) is 3.70. The SMILES string of the molecule is CCN(C(=O)c1csc([N+](=O)[O-])c1)c1ccc(OC)nc1. The lowest BCUT2D eigenvalue weighted by atomic mass is 10.2. The van der Waals surface area contributed by atoms with E-state index in [1.165, 1.54) is 29.7 Å². The maximum Gasteiger partial charge on any atom is 0.324 e. The molecule has 1 amide bonds. The van der Waals surface area contributed by atoms with Crippen molar-refractivity contribution in [2.45, 2.75) is 6.92 Å². The van der Waals surface area contributed by atoms with Gasteiger partial charge in [0.25, 0.3) is 5.91 Å². The van der Waals surface area contributed by atoms with Crippen molar-refractivity contribution in [1.82, 2.24) is 4.98 Å². The molecule has 0 aliphatic rings. The summed E-state index contributed by atoms with van der Waals surface area (Å²) in [5.41, 5.74) is 0.904. The Labute approximate surface area is 124 Å². The molecule has 2 aromatic heterocycles. The van der Waals surface area contributed by atoms with Crippen LogP contribution < -0.4 is 9.64 Å². The van der Waals surface area contributed by atoms with Gasteiger partial charge >= 0.3 is 5.00 Å². The molecule has 0 fully saturated rings. The number of methoxy groups -OCH3 is 1. The monoisotopic (exact) mass is 307 g/mol. The summed E-state index contributed by atoms with van der Waals surface area (Å²) in [6, 6.07) is 4.65. The molecule has 2 aromatic rings. The quantitative estimate of drug-likeness (QED) is 0.626. The van der Waals surface area contributed by atoms with Crippen molar-refractivity contribution in [3.8, 4) is 5.88 Å². The Hall–Kier alpha value is -2.48. The molecule has 0 aromatic carbocycles. The van der Waals surface area contributed by atoms with Gasteiger partial charge in [-0.2, -0.15) is 0 Å². The predicted octanol–water partition coefficient (Wildman–Crippen LogP) is 2.73. The zero-order valence-electron chi connectivity index (χ0n) is 11.5. The maximum absolute atomic E-state index is 12.4. The summed E-state index contributed by atoms with van der Waals surface area (Å²) >= 11 is 0.933. The summed E-state index contributed by atoms with van der Waals surface area (Å²) in [5, 5.41) is 12.1. The number of carbonyl (C=O) groups is 1. The molecule has 8 heteroatoms. The summed E-state index contributed by atoms with van der Waals surface area (Å²) in [7, 11) is 1.51. The lowest BCUT2D eigenvalue weighted by Gasteiger charge is -2.20. The molecular formula is C13H13N3O4S. The second-order valence-electron chi connectivity index (χ2n) is 4.04. The Morgan fingerprint density at radius 1 is 1.52 bits per heavy atom. The zero-order valence-corrected chi connectivity index (χ0v) is 12.3. The van der Waals surface area contributed by atoms with Crippen molar-refractivity contribution in [2.24, 2.45) is 0 Å². The summed E-state index contributed by atoms with van der Waals surface area (Å²) in [4.78, 5) is 28.1. The number of pyridine rings is 1. The molecule has 2 rings (SSSR count). The molecule has 0 aliphatic carbocycles. The number of nitrogens with zero attached hydrogens (tertiary/aromatic N) is 3. The van der Waals surface area contributed by atoms with E-state index in [4.69, 9.17) is 4.74 Å². The van der Waals surface area contributed by atoms with Gasteiger partial charge in [0.15, 0.2) is 0 Å². The van der Waals surface area contributed by atoms with E-state index in [0.717, 1.165) is 11.3 Å². The van der Waals surface area contributed by atoms with Gasteiger partial charge in [0.1, 0.15) is 0 Å². The number of amides is 1. The standard InChI is InChI=1S/C13H13N3O4S/c1-3-15(10-4-5-11(20-2)14-7-10)13(17)9-6-12(16(18)19)21-8-9/h4-8H,3H2,1-2H3. The van der Waals surface area contributed by atoms with Crippen LogP contribution in [0.5, 0.6) is 5.88 Å². The summed E-state index contributed by atoms with van der Waals surface area (Å²) in [6.45, 7) is 2.25. The lowest BCUT2D eigenvalue weighted by Crippen LogP contribution is -2.30. The Bertz CT molecular complexity index is 654. The molecule has 0 bridgehead atoms. The molecule has 0 atom stereocenters. The number of hydrogen-bond donors (Lipinski definition) is 0. The number of thiophene rings is 1. The molecule has 21 heavy (non-hydrogen) atoms. The Morgan fingerprint density at radius 3 is 2.76 bits per heavy atom. The summed E-state index contributed by atoms with van der Waals surface area (Å²) in [5.74, 6) is 0.155. The average molecular weight is 307 g/mol. The third-order valence-electron chi connectivity index (χ3n) is 2.82. The minimum absolute atomic E-state index is 0.0535. The van der Waals surface area contributed by atoms with Gasteiger partial charge in [0.05, 0.1) is 29.5 Å². The smallest absolute Gasteiger partial charge is 0.324 e. The molecule has 0 radical (unpaired) electrons. The van der Waals surface area contributed by atoms with Gasteiger partial charge in [-0.05, 0) is 13.0 Å². The van der Waals surface area contributed by atoms with Crippen molar-refractivity contribution in [3.63, 3.8) is 0 Å². The van der Waals surface area contributed by atoms with Crippen LogP contribution in [0.3, 0.4) is 0 Å². The number of ether oxygens (including phenoxy) is 1. The van der Waals surface area contributed by atoms with Crippen LogP contribution >= 0.6 is 11.3 Å². The highest BCUT2D eigenvalue weighted by atomic mass is 32.1. The van der Waals surface area contributed by atoms with Crippen LogP contribution in [-0.2, 0) is 0 Å². The van der Waals surface area contributed by atoms with E-state index in [-0.39, 0.29) is 10.9 Å². The van der Waals surface area contributed by atoms with Crippen LogP contribution in [0.2, 0.25) is 0 Å². The first kappa shape index (κ1) is 14.9. The maximum atomic E-state index is 12.4. The summed E-state index contributed by atoms with van der Waals surface area (Å²) in [6.07, 6.45) is 1.53. The first-order valence-electron chi connectivity index (χ1n) is 6.11. The molecule has 0 unspecified atom stereocenters. The molecule has 0 N–H and O–H groups in total. The predicted molar refractivity (Wildman–Crippen MR) is 79.1 cm³/mol. The van der Waals surface area contributed by atoms with E-state index in [1.807, 2.05) is 6.92 Å². The number of hydrogen-bond acceptors (Lipinski definition) is 6. The highest BCUT2D eigenvalue weighted by molar-refractivity contribution is 7.13. The molecule has 2 heterocycles. The van der Waals surface area contributed by atoms with Gasteiger partial charge in [0.2, 0.25) is 5.88 Å². The van der Waals surface area contributed by atoms with Gasteiger partial charge in [-0.3, -0.25) is 14.9 Å². The van der Waals surface area contributed by atoms with Crippen molar-refractivity contribution in [2.75, 3.05) is 18.6 Å². The number of aromatic nitrogens is 1. The fraction of sp³-hybridized carbons (Fsp3) is 0.231. The van der Waals surface area contributed by atoms with E-state index in [1.54, 1.807) is 12.1 Å². The largest absolute Gasteiger partial charge is 0.481 e. The lowest BCUT2D eigenvalue weighted by molar-refractivity contribution is -0.380. The number of carbonyl (C=O) groups excluding carboxylic acids is 1. The Balaban J connectivity index is 2.26. The van der Waals surface area contributed by atoms with Crippen LogP contribution in [0, 0.1) is 10.1 Å². The molecule has 0 aliphatic heterocycles. The second kappa shape index (κ2) is 6.31. The highest BCUT2D eigenvalue weighted by Crippen LogP contribution is 2.25. The second-order valence-corrected chi connectivity index (χ2v) is 4.93. The van der Waals surface area contributed by atoms with Crippen LogP contribution in [0.15, 0.2) is 29.8 Å². The molecular weight excluding hydrogens is 294 g/mol. The van der Waals surface area contributed by atoms with Gasteiger partial charge in [-0.25, -0.2) is 4.98 Å². The fourth-order valence-electron chi connectivity index (χ4n) is 1.78. The molecule has 0 saturated heterocycles. The Morgan fingerprint density at radius 2 is 2.29 bits per heavy atom. The van der Waals surface area contributed by atoms with Crippen molar-refractivity contribution in [3.05, 3.63) is 45.5 Å². The van der Waals surface area contributed by atoms with Gasteiger partial charge in [-0.15, -0.1) is 0 Å². The Kier molecular flexibility index (Phi) is 4.49. The van der Waals surface area contributed by atoms with Gasteiger partial charge in [-0.1, -0.05) is 11.3 Å². The van der Waals surface area contributed by atoms with E-state index in [2.05, 4.69) is 4.98 Å². The topological polar surface area (TPSA) is 85.6 Å². The van der Waals surface area contributed by atoms with Crippen LogP contribution in [0.4, 0.5) is 10.7 Å². The van der Waals surface area contributed by atoms with E-state index >= 15 is 0 Å². The van der Waals surface area contributed by atoms with E-state index in [9.17, 15) is 14.9 Å².